The highest BCUT2D eigenvalue weighted by Gasteiger charge is 2.25. The molecule has 1 heterocycles. The van der Waals surface area contributed by atoms with E-state index in [2.05, 4.69) is 5.10 Å². The average molecular weight is 444 g/mol. The van der Waals surface area contributed by atoms with Gasteiger partial charge in [-0.15, -0.1) is 0 Å². The van der Waals surface area contributed by atoms with E-state index in [0.29, 0.717) is 11.4 Å². The molecule has 1 aromatic heterocycles. The van der Waals surface area contributed by atoms with Crippen LogP contribution < -0.4 is 14.5 Å². The zero-order valence-electron chi connectivity index (χ0n) is 17.1. The van der Waals surface area contributed by atoms with Crippen molar-refractivity contribution in [2.24, 2.45) is 0 Å². The van der Waals surface area contributed by atoms with Crippen molar-refractivity contribution in [2.45, 2.75) is 18.7 Å². The number of hydrogen-bond donors (Lipinski definition) is 0. The molecule has 0 saturated carbocycles. The maximum absolute atomic E-state index is 12.7. The minimum atomic E-state index is -4.36. The van der Waals surface area contributed by atoms with Crippen LogP contribution in [0.25, 0.3) is 5.69 Å². The van der Waals surface area contributed by atoms with Crippen molar-refractivity contribution in [1.29, 1.82) is 0 Å². The summed E-state index contributed by atoms with van der Waals surface area (Å²) in [5.41, 5.74) is 0.231. The van der Waals surface area contributed by atoms with Crippen molar-refractivity contribution >= 4 is 16.1 Å². The van der Waals surface area contributed by atoms with Crippen molar-refractivity contribution in [2.75, 3.05) is 13.7 Å². The number of carbonyl (C=O) groups is 1. The molecule has 2 aromatic carbocycles. The zero-order valence-corrected chi connectivity index (χ0v) is 17.9. The Morgan fingerprint density at radius 1 is 1.06 bits per heavy atom. The number of rotatable bonds is 7. The Hall–Kier alpha value is -3.66. The molecule has 0 saturated heterocycles. The van der Waals surface area contributed by atoms with Crippen LogP contribution in [0.2, 0.25) is 0 Å². The van der Waals surface area contributed by atoms with Crippen LogP contribution in [-0.4, -0.2) is 37.9 Å². The van der Waals surface area contributed by atoms with Crippen LogP contribution in [0.1, 0.15) is 23.0 Å². The minimum Gasteiger partial charge on any atom is -0.497 e. The van der Waals surface area contributed by atoms with Gasteiger partial charge in [-0.2, -0.15) is 18.2 Å². The fourth-order valence-corrected chi connectivity index (χ4v) is 3.55. The van der Waals surface area contributed by atoms with Gasteiger partial charge in [0.05, 0.1) is 25.5 Å². The Morgan fingerprint density at radius 2 is 1.71 bits per heavy atom. The van der Waals surface area contributed by atoms with Gasteiger partial charge in [0, 0.05) is 0 Å². The second kappa shape index (κ2) is 9.00. The van der Waals surface area contributed by atoms with Gasteiger partial charge in [-0.05, 0) is 50.2 Å². The Bertz CT molecular complexity index is 1250. The molecule has 31 heavy (non-hydrogen) atoms. The maximum atomic E-state index is 12.7. The summed E-state index contributed by atoms with van der Waals surface area (Å²) in [6.45, 7) is 3.49. The molecule has 0 unspecified atom stereocenters. The summed E-state index contributed by atoms with van der Waals surface area (Å²) in [6.07, 6.45) is 0. The molecule has 3 rings (SSSR count). The number of benzene rings is 2. The monoisotopic (exact) mass is 444 g/mol. The lowest BCUT2D eigenvalue weighted by molar-refractivity contribution is 0.0515. The number of ether oxygens (including phenoxy) is 2. The fraction of sp³-hybridized carbons (Fsp3) is 0.190. The maximum Gasteiger partial charge on any atom is 0.362 e. The first-order valence-electron chi connectivity index (χ1n) is 9.22. The van der Waals surface area contributed by atoms with E-state index in [0.717, 1.165) is 16.3 Å². The average Bonchev–Trinajstić information content (AvgIpc) is 2.74. The summed E-state index contributed by atoms with van der Waals surface area (Å²) < 4.78 is 41.4. The fourth-order valence-electron chi connectivity index (χ4n) is 2.62. The van der Waals surface area contributed by atoms with Gasteiger partial charge >= 0.3 is 16.1 Å². The minimum absolute atomic E-state index is 0.0227. The Labute approximate surface area is 178 Å². The van der Waals surface area contributed by atoms with E-state index >= 15 is 0 Å². The van der Waals surface area contributed by atoms with Crippen LogP contribution in [0.5, 0.6) is 11.5 Å². The van der Waals surface area contributed by atoms with Crippen molar-refractivity contribution in [3.05, 3.63) is 76.2 Å². The highest BCUT2D eigenvalue weighted by Crippen LogP contribution is 2.23. The summed E-state index contributed by atoms with van der Waals surface area (Å²) in [5, 5.41) is 4.02. The molecular formula is C21H20N2O7S. The summed E-state index contributed by atoms with van der Waals surface area (Å²) in [6, 6.07) is 13.2. The van der Waals surface area contributed by atoms with Crippen LogP contribution >= 0.6 is 0 Å². The van der Waals surface area contributed by atoms with Gasteiger partial charge in [0.2, 0.25) is 5.69 Å². The standard InChI is InChI=1S/C21H20N2O7S/c1-4-29-21(25)20-18(30-31(26,27)17-11-9-16(28-3)10-12-17)13-19(24)23(22-20)15-7-5-14(2)6-8-15/h5-13H,4H2,1-3H3. The number of aryl methyl sites for hydroxylation is 1. The number of carbonyl (C=O) groups excluding carboxylic acids is 1. The predicted octanol–water partition coefficient (Wildman–Crippen LogP) is 2.49. The van der Waals surface area contributed by atoms with Crippen LogP contribution in [0.4, 0.5) is 0 Å². The molecule has 3 aromatic rings. The lowest BCUT2D eigenvalue weighted by atomic mass is 10.2. The normalized spacial score (nSPS) is 11.1. The summed E-state index contributed by atoms with van der Waals surface area (Å²) in [7, 11) is -2.92. The topological polar surface area (TPSA) is 114 Å². The SMILES string of the molecule is CCOC(=O)c1nn(-c2ccc(C)cc2)c(=O)cc1OS(=O)(=O)c1ccc(OC)cc1. The van der Waals surface area contributed by atoms with Gasteiger partial charge in [0.25, 0.3) is 5.56 Å². The zero-order chi connectivity index (χ0) is 22.6. The second-order valence-electron chi connectivity index (χ2n) is 6.38. The van der Waals surface area contributed by atoms with Gasteiger partial charge in [-0.1, -0.05) is 17.7 Å². The van der Waals surface area contributed by atoms with E-state index in [-0.39, 0.29) is 11.5 Å². The lowest BCUT2D eigenvalue weighted by Gasteiger charge is -2.13. The molecule has 0 aliphatic rings. The molecular weight excluding hydrogens is 424 g/mol. The quantitative estimate of drug-likeness (QED) is 0.403. The molecule has 0 fully saturated rings. The number of aromatic nitrogens is 2. The van der Waals surface area contributed by atoms with Crippen molar-refractivity contribution in [3.8, 4) is 17.2 Å². The first kappa shape index (κ1) is 22.0. The molecule has 0 aliphatic heterocycles. The van der Waals surface area contributed by atoms with Crippen LogP contribution in [0.15, 0.2) is 64.3 Å². The van der Waals surface area contributed by atoms with E-state index in [1.54, 1.807) is 31.2 Å². The molecule has 0 atom stereocenters. The third-order valence-corrected chi connectivity index (χ3v) is 5.44. The largest absolute Gasteiger partial charge is 0.497 e. The van der Waals surface area contributed by atoms with Gasteiger partial charge in [0.15, 0.2) is 5.75 Å². The number of methoxy groups -OCH3 is 1. The molecule has 0 N–H and O–H groups in total. The molecule has 10 heteroatoms. The molecule has 162 valence electrons. The van der Waals surface area contributed by atoms with Crippen molar-refractivity contribution in [3.63, 3.8) is 0 Å². The van der Waals surface area contributed by atoms with Gasteiger partial charge in [0.1, 0.15) is 10.6 Å². The van der Waals surface area contributed by atoms with E-state index in [1.165, 1.54) is 31.4 Å². The number of nitrogens with zero attached hydrogens (tertiary/aromatic N) is 2. The van der Waals surface area contributed by atoms with Gasteiger partial charge in [-0.25, -0.2) is 4.79 Å². The van der Waals surface area contributed by atoms with Crippen molar-refractivity contribution in [1.82, 2.24) is 9.78 Å². The van der Waals surface area contributed by atoms with E-state index in [4.69, 9.17) is 13.7 Å². The van der Waals surface area contributed by atoms with E-state index in [1.807, 2.05) is 6.92 Å². The lowest BCUT2D eigenvalue weighted by Crippen LogP contribution is -2.26. The van der Waals surface area contributed by atoms with E-state index in [9.17, 15) is 18.0 Å². The van der Waals surface area contributed by atoms with Gasteiger partial charge in [-0.3, -0.25) is 4.79 Å². The van der Waals surface area contributed by atoms with Gasteiger partial charge < -0.3 is 13.7 Å². The smallest absolute Gasteiger partial charge is 0.362 e. The van der Waals surface area contributed by atoms with Crippen LogP contribution in [-0.2, 0) is 14.9 Å². The highest BCUT2D eigenvalue weighted by atomic mass is 32.2. The van der Waals surface area contributed by atoms with E-state index < -0.39 is 33.1 Å². The third-order valence-electron chi connectivity index (χ3n) is 4.19. The summed E-state index contributed by atoms with van der Waals surface area (Å²) in [5.74, 6) is -1.00. The van der Waals surface area contributed by atoms with Crippen LogP contribution in [0, 0.1) is 6.92 Å². The summed E-state index contributed by atoms with van der Waals surface area (Å²) >= 11 is 0. The number of esters is 1. The first-order chi connectivity index (χ1) is 14.7. The molecule has 0 amide bonds. The highest BCUT2D eigenvalue weighted by molar-refractivity contribution is 7.87. The molecule has 0 aliphatic carbocycles. The Balaban J connectivity index is 2.07. The molecule has 0 radical (unpaired) electrons. The summed E-state index contributed by atoms with van der Waals surface area (Å²) in [4.78, 5) is 24.9. The second-order valence-corrected chi connectivity index (χ2v) is 7.92. The van der Waals surface area contributed by atoms with Crippen molar-refractivity contribution < 1.29 is 26.9 Å². The molecule has 0 bridgehead atoms. The first-order valence-corrected chi connectivity index (χ1v) is 10.6. The Morgan fingerprint density at radius 3 is 2.29 bits per heavy atom. The Kier molecular flexibility index (Phi) is 6.40. The molecule has 9 nitrogen and oxygen atoms in total. The third kappa shape index (κ3) is 4.92. The molecule has 0 spiro atoms. The van der Waals surface area contributed by atoms with Crippen LogP contribution in [0.3, 0.4) is 0 Å². The number of hydrogen-bond acceptors (Lipinski definition) is 8. The predicted molar refractivity (Wildman–Crippen MR) is 111 cm³/mol.